The smallest absolute Gasteiger partial charge is 0.295 e. The maximum Gasteiger partial charge on any atom is 0.401 e. The molecular weight excluding hydrogens is 239 g/mol. The van der Waals surface area contributed by atoms with Crippen LogP contribution in [-0.4, -0.2) is 30.7 Å². The van der Waals surface area contributed by atoms with E-state index in [0.717, 1.165) is 19.3 Å². The van der Waals surface area contributed by atoms with E-state index < -0.39 is 12.7 Å². The highest BCUT2D eigenvalue weighted by atomic mass is 19.4. The molecule has 0 bridgehead atoms. The van der Waals surface area contributed by atoms with Gasteiger partial charge in [0.2, 0.25) is 0 Å². The van der Waals surface area contributed by atoms with E-state index in [1.54, 1.807) is 0 Å². The highest BCUT2D eigenvalue weighted by Crippen LogP contribution is 2.24. The lowest BCUT2D eigenvalue weighted by atomic mass is 9.90. The Balaban J connectivity index is 1.77. The molecule has 2 rings (SSSR count). The van der Waals surface area contributed by atoms with Gasteiger partial charge in [-0.2, -0.15) is 13.2 Å². The predicted molar refractivity (Wildman–Crippen MR) is 65.4 cm³/mol. The molecule has 0 aliphatic carbocycles. The van der Waals surface area contributed by atoms with Crippen molar-refractivity contribution in [3.05, 3.63) is 35.9 Å². The van der Waals surface area contributed by atoms with Gasteiger partial charge in [0.05, 0.1) is 6.54 Å². The number of halogens is 3. The topological polar surface area (TPSA) is 3.24 Å². The summed E-state index contributed by atoms with van der Waals surface area (Å²) < 4.78 is 36.7. The van der Waals surface area contributed by atoms with Gasteiger partial charge in [0, 0.05) is 0 Å². The van der Waals surface area contributed by atoms with Crippen LogP contribution in [0.4, 0.5) is 13.2 Å². The second-order valence-corrected chi connectivity index (χ2v) is 5.02. The SMILES string of the molecule is FC(F)(F)CN1CCC(Cc2ccccc2)CC1. The van der Waals surface area contributed by atoms with Gasteiger partial charge in [-0.05, 0) is 43.8 Å². The Morgan fingerprint density at radius 3 is 2.22 bits per heavy atom. The zero-order valence-electron chi connectivity index (χ0n) is 10.3. The van der Waals surface area contributed by atoms with Gasteiger partial charge < -0.3 is 0 Å². The van der Waals surface area contributed by atoms with Gasteiger partial charge in [0.25, 0.3) is 0 Å². The van der Waals surface area contributed by atoms with E-state index in [2.05, 4.69) is 12.1 Å². The second-order valence-electron chi connectivity index (χ2n) is 5.02. The molecule has 0 amide bonds. The summed E-state index contributed by atoms with van der Waals surface area (Å²) in [7, 11) is 0. The Labute approximate surface area is 106 Å². The fraction of sp³-hybridized carbons (Fsp3) is 0.571. The van der Waals surface area contributed by atoms with Crippen molar-refractivity contribution in [3.8, 4) is 0 Å². The number of nitrogens with zero attached hydrogens (tertiary/aromatic N) is 1. The van der Waals surface area contributed by atoms with Crippen molar-refractivity contribution >= 4 is 0 Å². The van der Waals surface area contributed by atoms with Gasteiger partial charge in [0.1, 0.15) is 0 Å². The zero-order chi connectivity index (χ0) is 13.0. The average molecular weight is 257 g/mol. The normalized spacial score (nSPS) is 19.1. The molecular formula is C14H18F3N. The van der Waals surface area contributed by atoms with Gasteiger partial charge in [-0.1, -0.05) is 30.3 Å². The van der Waals surface area contributed by atoms with Crippen molar-refractivity contribution in [2.45, 2.75) is 25.4 Å². The Morgan fingerprint density at radius 2 is 1.67 bits per heavy atom. The molecule has 1 nitrogen and oxygen atoms in total. The van der Waals surface area contributed by atoms with Gasteiger partial charge in [-0.3, -0.25) is 4.90 Å². The molecule has 0 saturated carbocycles. The van der Waals surface area contributed by atoms with E-state index in [1.165, 1.54) is 10.5 Å². The van der Waals surface area contributed by atoms with E-state index in [9.17, 15) is 13.2 Å². The third kappa shape index (κ3) is 4.33. The minimum atomic E-state index is -4.06. The van der Waals surface area contributed by atoms with E-state index in [-0.39, 0.29) is 0 Å². The minimum Gasteiger partial charge on any atom is -0.295 e. The molecule has 18 heavy (non-hydrogen) atoms. The number of hydrogen-bond acceptors (Lipinski definition) is 1. The summed E-state index contributed by atoms with van der Waals surface area (Å²) >= 11 is 0. The second kappa shape index (κ2) is 5.74. The van der Waals surface area contributed by atoms with Crippen LogP contribution in [0.3, 0.4) is 0 Å². The quantitative estimate of drug-likeness (QED) is 0.801. The number of rotatable bonds is 3. The van der Waals surface area contributed by atoms with Crippen LogP contribution in [0.2, 0.25) is 0 Å². The van der Waals surface area contributed by atoms with E-state index in [4.69, 9.17) is 0 Å². The first-order valence-corrected chi connectivity index (χ1v) is 6.36. The predicted octanol–water partition coefficient (Wildman–Crippen LogP) is 3.50. The Morgan fingerprint density at radius 1 is 1.06 bits per heavy atom. The van der Waals surface area contributed by atoms with Crippen LogP contribution in [0.15, 0.2) is 30.3 Å². The standard InChI is InChI=1S/C14H18F3N/c15-14(16,17)11-18-8-6-13(7-9-18)10-12-4-2-1-3-5-12/h1-5,13H,6-11H2. The highest BCUT2D eigenvalue weighted by Gasteiger charge is 2.32. The lowest BCUT2D eigenvalue weighted by Gasteiger charge is -2.32. The molecule has 1 heterocycles. The first kappa shape index (κ1) is 13.4. The molecule has 1 aliphatic heterocycles. The molecule has 0 spiro atoms. The van der Waals surface area contributed by atoms with Crippen LogP contribution < -0.4 is 0 Å². The monoisotopic (exact) mass is 257 g/mol. The summed E-state index contributed by atoms with van der Waals surface area (Å²) in [5, 5.41) is 0. The van der Waals surface area contributed by atoms with Crippen molar-refractivity contribution in [3.63, 3.8) is 0 Å². The van der Waals surface area contributed by atoms with E-state index >= 15 is 0 Å². The van der Waals surface area contributed by atoms with Crippen molar-refractivity contribution in [1.82, 2.24) is 4.90 Å². The molecule has 4 heteroatoms. The Hall–Kier alpha value is -1.03. The maximum absolute atomic E-state index is 12.2. The van der Waals surface area contributed by atoms with Crippen LogP contribution in [-0.2, 0) is 6.42 Å². The van der Waals surface area contributed by atoms with Crippen LogP contribution >= 0.6 is 0 Å². The van der Waals surface area contributed by atoms with Gasteiger partial charge in [-0.15, -0.1) is 0 Å². The zero-order valence-corrected chi connectivity index (χ0v) is 10.3. The summed E-state index contributed by atoms with van der Waals surface area (Å²) in [6, 6.07) is 10.2. The molecule has 0 radical (unpaired) electrons. The van der Waals surface area contributed by atoms with Crippen LogP contribution in [0, 0.1) is 5.92 Å². The molecule has 1 saturated heterocycles. The fourth-order valence-corrected chi connectivity index (χ4v) is 2.55. The van der Waals surface area contributed by atoms with Crippen molar-refractivity contribution in [2.75, 3.05) is 19.6 Å². The first-order valence-electron chi connectivity index (χ1n) is 6.36. The molecule has 100 valence electrons. The van der Waals surface area contributed by atoms with Gasteiger partial charge >= 0.3 is 6.18 Å². The van der Waals surface area contributed by atoms with Crippen molar-refractivity contribution < 1.29 is 13.2 Å². The lowest BCUT2D eigenvalue weighted by molar-refractivity contribution is -0.148. The largest absolute Gasteiger partial charge is 0.401 e. The average Bonchev–Trinajstić information content (AvgIpc) is 2.31. The lowest BCUT2D eigenvalue weighted by Crippen LogP contribution is -2.40. The van der Waals surface area contributed by atoms with E-state index in [1.807, 2.05) is 18.2 Å². The summed E-state index contributed by atoms with van der Waals surface area (Å²) in [4.78, 5) is 1.52. The van der Waals surface area contributed by atoms with Gasteiger partial charge in [-0.25, -0.2) is 0 Å². The minimum absolute atomic E-state index is 0.525. The molecule has 0 unspecified atom stereocenters. The number of alkyl halides is 3. The molecule has 1 aromatic carbocycles. The van der Waals surface area contributed by atoms with Crippen LogP contribution in [0.5, 0.6) is 0 Å². The molecule has 1 fully saturated rings. The third-order valence-corrected chi connectivity index (χ3v) is 3.48. The van der Waals surface area contributed by atoms with Crippen LogP contribution in [0.1, 0.15) is 18.4 Å². The van der Waals surface area contributed by atoms with Gasteiger partial charge in [0.15, 0.2) is 0 Å². The summed E-state index contributed by atoms with van der Waals surface area (Å²) in [5.74, 6) is 0.525. The first-order chi connectivity index (χ1) is 8.53. The Kier molecular flexibility index (Phi) is 4.27. The summed E-state index contributed by atoms with van der Waals surface area (Å²) in [6.07, 6.45) is -1.34. The molecule has 0 atom stereocenters. The van der Waals surface area contributed by atoms with Crippen molar-refractivity contribution in [2.24, 2.45) is 5.92 Å². The maximum atomic E-state index is 12.2. The molecule has 0 N–H and O–H groups in total. The Bertz CT molecular complexity index is 353. The number of piperidine rings is 1. The molecule has 1 aliphatic rings. The molecule has 0 aromatic heterocycles. The summed E-state index contributed by atoms with van der Waals surface area (Å²) in [5.41, 5.74) is 1.28. The number of hydrogen-bond donors (Lipinski definition) is 0. The van der Waals surface area contributed by atoms with Crippen molar-refractivity contribution in [1.29, 1.82) is 0 Å². The summed E-state index contributed by atoms with van der Waals surface area (Å²) in [6.45, 7) is 0.374. The number of likely N-dealkylation sites (tertiary alicyclic amines) is 1. The molecule has 1 aromatic rings. The highest BCUT2D eigenvalue weighted by molar-refractivity contribution is 5.15. The number of benzene rings is 1. The fourth-order valence-electron chi connectivity index (χ4n) is 2.55. The van der Waals surface area contributed by atoms with E-state index in [0.29, 0.717) is 19.0 Å². The van der Waals surface area contributed by atoms with Crippen LogP contribution in [0.25, 0.3) is 0 Å². The third-order valence-electron chi connectivity index (χ3n) is 3.48.